The monoisotopic (exact) mass is 392 g/mol. The predicted octanol–water partition coefficient (Wildman–Crippen LogP) is 4.69. The van der Waals surface area contributed by atoms with Gasteiger partial charge in [-0.3, -0.25) is 14.5 Å². The van der Waals surface area contributed by atoms with E-state index < -0.39 is 4.92 Å². The van der Waals surface area contributed by atoms with E-state index in [9.17, 15) is 10.1 Å². The highest BCUT2D eigenvalue weighted by Gasteiger charge is 2.21. The summed E-state index contributed by atoms with van der Waals surface area (Å²) in [4.78, 5) is 15.1. The van der Waals surface area contributed by atoms with Crippen molar-refractivity contribution in [3.8, 4) is 17.2 Å². The fourth-order valence-corrected chi connectivity index (χ4v) is 3.23. The fourth-order valence-electron chi connectivity index (χ4n) is 3.23. The van der Waals surface area contributed by atoms with E-state index in [1.165, 1.54) is 6.07 Å². The topological polar surface area (TPSA) is 94.8 Å². The second-order valence-electron chi connectivity index (χ2n) is 6.49. The number of pyridine rings is 1. The molecule has 148 valence electrons. The normalized spacial score (nSPS) is 11.0. The number of ether oxygens (including phenoxy) is 1. The fraction of sp³-hybridized carbons (Fsp3) is 0.190. The predicted molar refractivity (Wildman–Crippen MR) is 109 cm³/mol. The highest BCUT2D eigenvalue weighted by molar-refractivity contribution is 5.74. The number of fused-ring (bicyclic) bond motifs is 1. The van der Waals surface area contributed by atoms with Crippen molar-refractivity contribution in [2.75, 3.05) is 12.4 Å². The smallest absolute Gasteiger partial charge is 0.433 e. The Morgan fingerprint density at radius 2 is 2.07 bits per heavy atom. The SMILES string of the molecule is CCc1ccn2c(NCc3ccccc3OC)c(-c3ccc([N+](=O)[O-])o3)nc2c1. The van der Waals surface area contributed by atoms with Gasteiger partial charge in [0.2, 0.25) is 0 Å². The molecule has 8 nitrogen and oxygen atoms in total. The second-order valence-corrected chi connectivity index (χ2v) is 6.49. The number of nitrogens with zero attached hydrogens (tertiary/aromatic N) is 3. The van der Waals surface area contributed by atoms with Gasteiger partial charge in [0.25, 0.3) is 0 Å². The largest absolute Gasteiger partial charge is 0.496 e. The van der Waals surface area contributed by atoms with Crippen LogP contribution in [-0.2, 0) is 13.0 Å². The molecule has 8 heteroatoms. The molecule has 0 aliphatic heterocycles. The number of aromatic nitrogens is 2. The number of aryl methyl sites for hydroxylation is 1. The summed E-state index contributed by atoms with van der Waals surface area (Å²) in [5.74, 6) is 1.48. The minimum atomic E-state index is -0.559. The van der Waals surface area contributed by atoms with E-state index >= 15 is 0 Å². The Morgan fingerprint density at radius 1 is 1.24 bits per heavy atom. The number of imidazole rings is 1. The Morgan fingerprint density at radius 3 is 2.79 bits per heavy atom. The number of hydrogen-bond acceptors (Lipinski definition) is 6. The van der Waals surface area contributed by atoms with Crippen molar-refractivity contribution in [3.05, 3.63) is 76.0 Å². The second kappa shape index (κ2) is 7.67. The molecule has 0 spiro atoms. The first-order valence-electron chi connectivity index (χ1n) is 9.22. The van der Waals surface area contributed by atoms with Gasteiger partial charge >= 0.3 is 5.88 Å². The number of nitro groups is 1. The lowest BCUT2D eigenvalue weighted by Crippen LogP contribution is -2.05. The van der Waals surface area contributed by atoms with Crippen LogP contribution < -0.4 is 10.1 Å². The molecule has 0 radical (unpaired) electrons. The van der Waals surface area contributed by atoms with Gasteiger partial charge in [-0.25, -0.2) is 4.98 Å². The molecule has 3 heterocycles. The molecular weight excluding hydrogens is 372 g/mol. The van der Waals surface area contributed by atoms with Crippen molar-refractivity contribution in [1.29, 1.82) is 0 Å². The van der Waals surface area contributed by atoms with Crippen LogP contribution in [0, 0.1) is 10.1 Å². The van der Waals surface area contributed by atoms with E-state index in [1.807, 2.05) is 47.0 Å². The molecule has 1 aromatic carbocycles. The highest BCUT2D eigenvalue weighted by atomic mass is 16.6. The molecule has 29 heavy (non-hydrogen) atoms. The van der Waals surface area contributed by atoms with Crippen LogP contribution in [0.2, 0.25) is 0 Å². The molecule has 0 saturated heterocycles. The van der Waals surface area contributed by atoms with Crippen LogP contribution in [0.1, 0.15) is 18.1 Å². The first-order valence-corrected chi connectivity index (χ1v) is 9.22. The molecular formula is C21H20N4O4. The number of nitrogens with one attached hydrogen (secondary N) is 1. The number of benzene rings is 1. The van der Waals surface area contributed by atoms with Gasteiger partial charge in [-0.15, -0.1) is 0 Å². The van der Waals surface area contributed by atoms with Gasteiger partial charge in [0.05, 0.1) is 13.2 Å². The van der Waals surface area contributed by atoms with Crippen LogP contribution in [0.4, 0.5) is 11.7 Å². The molecule has 4 aromatic rings. The van der Waals surface area contributed by atoms with Crippen molar-refractivity contribution >= 4 is 17.3 Å². The molecule has 4 rings (SSSR count). The van der Waals surface area contributed by atoms with E-state index in [0.29, 0.717) is 23.8 Å². The summed E-state index contributed by atoms with van der Waals surface area (Å²) in [6, 6.07) is 14.6. The Labute approximate surface area is 166 Å². The Balaban J connectivity index is 1.78. The molecule has 0 unspecified atom stereocenters. The summed E-state index contributed by atoms with van der Waals surface area (Å²) in [5.41, 5.74) is 3.38. The van der Waals surface area contributed by atoms with Gasteiger partial charge in [-0.1, -0.05) is 25.1 Å². The van der Waals surface area contributed by atoms with Crippen molar-refractivity contribution in [3.63, 3.8) is 0 Å². The van der Waals surface area contributed by atoms with Crippen LogP contribution in [-0.4, -0.2) is 21.4 Å². The van der Waals surface area contributed by atoms with Crippen LogP contribution in [0.5, 0.6) is 5.75 Å². The number of para-hydroxylation sites is 1. The van der Waals surface area contributed by atoms with E-state index in [4.69, 9.17) is 9.15 Å². The van der Waals surface area contributed by atoms with E-state index in [-0.39, 0.29) is 5.88 Å². The van der Waals surface area contributed by atoms with E-state index in [0.717, 1.165) is 28.9 Å². The van der Waals surface area contributed by atoms with Gasteiger partial charge < -0.3 is 14.5 Å². The quantitative estimate of drug-likeness (QED) is 0.362. The summed E-state index contributed by atoms with van der Waals surface area (Å²) in [6.07, 6.45) is 2.82. The third-order valence-electron chi connectivity index (χ3n) is 4.74. The van der Waals surface area contributed by atoms with Gasteiger partial charge in [-0.05, 0) is 36.2 Å². The van der Waals surface area contributed by atoms with Gasteiger partial charge in [0.15, 0.2) is 5.76 Å². The minimum absolute atomic E-state index is 0.318. The molecule has 0 aliphatic rings. The van der Waals surface area contributed by atoms with Gasteiger partial charge in [0, 0.05) is 18.3 Å². The first kappa shape index (κ1) is 18.5. The summed E-state index contributed by atoms with van der Waals surface area (Å²) < 4.78 is 12.8. The Hall–Kier alpha value is -3.81. The van der Waals surface area contributed by atoms with Crippen molar-refractivity contribution in [2.24, 2.45) is 0 Å². The summed E-state index contributed by atoms with van der Waals surface area (Å²) in [7, 11) is 1.63. The number of methoxy groups -OCH3 is 1. The minimum Gasteiger partial charge on any atom is -0.496 e. The molecule has 0 atom stereocenters. The number of rotatable bonds is 7. The van der Waals surface area contributed by atoms with E-state index in [1.54, 1.807) is 13.2 Å². The Bertz CT molecular complexity index is 1180. The summed E-state index contributed by atoms with van der Waals surface area (Å²) >= 11 is 0. The van der Waals surface area contributed by atoms with Crippen LogP contribution in [0.3, 0.4) is 0 Å². The maximum Gasteiger partial charge on any atom is 0.433 e. The lowest BCUT2D eigenvalue weighted by atomic mass is 10.2. The molecule has 0 amide bonds. The zero-order chi connectivity index (χ0) is 20.4. The van der Waals surface area contributed by atoms with E-state index in [2.05, 4.69) is 17.2 Å². The lowest BCUT2D eigenvalue weighted by Gasteiger charge is -2.11. The first-order chi connectivity index (χ1) is 14.1. The maximum atomic E-state index is 11.0. The van der Waals surface area contributed by atoms with Crippen molar-refractivity contribution in [2.45, 2.75) is 19.9 Å². The third kappa shape index (κ3) is 3.52. The average molecular weight is 392 g/mol. The summed E-state index contributed by atoms with van der Waals surface area (Å²) in [5, 5.41) is 14.4. The number of furan rings is 1. The lowest BCUT2D eigenvalue weighted by molar-refractivity contribution is -0.401. The summed E-state index contributed by atoms with van der Waals surface area (Å²) in [6.45, 7) is 2.57. The maximum absolute atomic E-state index is 11.0. The number of anilines is 1. The highest BCUT2D eigenvalue weighted by Crippen LogP contribution is 2.33. The van der Waals surface area contributed by atoms with Crippen LogP contribution >= 0.6 is 0 Å². The zero-order valence-corrected chi connectivity index (χ0v) is 16.1. The Kier molecular flexibility index (Phi) is 4.90. The van der Waals surface area contributed by atoms with Crippen LogP contribution in [0.25, 0.3) is 17.1 Å². The number of hydrogen-bond donors (Lipinski definition) is 1. The van der Waals surface area contributed by atoms with Crippen molar-refractivity contribution in [1.82, 2.24) is 9.38 Å². The molecule has 0 saturated carbocycles. The average Bonchev–Trinajstić information content (AvgIpc) is 3.36. The van der Waals surface area contributed by atoms with Crippen LogP contribution in [0.15, 0.2) is 59.1 Å². The zero-order valence-electron chi connectivity index (χ0n) is 16.1. The van der Waals surface area contributed by atoms with Gasteiger partial charge in [0.1, 0.15) is 27.8 Å². The molecule has 0 bridgehead atoms. The molecule has 3 aromatic heterocycles. The molecule has 0 aliphatic carbocycles. The van der Waals surface area contributed by atoms with Crippen molar-refractivity contribution < 1.29 is 14.1 Å². The third-order valence-corrected chi connectivity index (χ3v) is 4.74. The standard InChI is InChI=1S/C21H20N4O4/c1-3-14-10-11-24-18(12-14)23-20(17-8-9-19(29-17)25(26)27)21(24)22-13-15-6-4-5-7-16(15)28-2/h4-12,22H,3,13H2,1-2H3. The molecule has 0 fully saturated rings. The molecule has 1 N–H and O–H groups in total. The van der Waals surface area contributed by atoms with Gasteiger partial charge in [-0.2, -0.15) is 0 Å².